The lowest BCUT2D eigenvalue weighted by Crippen LogP contribution is -2.39. The molecular weight excluding hydrogens is 312 g/mol. The normalized spacial score (nSPS) is 20.2. The van der Waals surface area contributed by atoms with Crippen molar-refractivity contribution < 1.29 is 0 Å². The average Bonchev–Trinajstić information content (AvgIpc) is 2.37. The zero-order chi connectivity index (χ0) is 14.8. The quantitative estimate of drug-likeness (QED) is 0.857. The van der Waals surface area contributed by atoms with Gasteiger partial charge in [0.05, 0.1) is 0 Å². The molecule has 0 bridgehead atoms. The summed E-state index contributed by atoms with van der Waals surface area (Å²) in [6, 6.07) is 7.32. The van der Waals surface area contributed by atoms with E-state index < -0.39 is 0 Å². The van der Waals surface area contributed by atoms with Crippen molar-refractivity contribution >= 4 is 21.6 Å². The molecule has 0 amide bonds. The van der Waals surface area contributed by atoms with Crippen molar-refractivity contribution in [2.24, 2.45) is 0 Å². The Balaban J connectivity index is 2.23. The van der Waals surface area contributed by atoms with Gasteiger partial charge in [0, 0.05) is 34.8 Å². The van der Waals surface area contributed by atoms with Crippen LogP contribution in [0.5, 0.6) is 0 Å². The molecule has 1 aromatic rings. The highest BCUT2D eigenvalue weighted by atomic mass is 79.9. The van der Waals surface area contributed by atoms with E-state index in [0.29, 0.717) is 6.04 Å². The minimum Gasteiger partial charge on any atom is -0.369 e. The van der Waals surface area contributed by atoms with E-state index >= 15 is 0 Å². The van der Waals surface area contributed by atoms with Gasteiger partial charge >= 0.3 is 0 Å². The maximum Gasteiger partial charge on any atom is 0.0425 e. The van der Waals surface area contributed by atoms with Crippen LogP contribution in [0.1, 0.15) is 52.5 Å². The van der Waals surface area contributed by atoms with Crippen LogP contribution in [-0.4, -0.2) is 18.1 Å². The van der Waals surface area contributed by atoms with Gasteiger partial charge in [-0.3, -0.25) is 0 Å². The lowest BCUT2D eigenvalue weighted by molar-refractivity contribution is 0.422. The molecule has 112 valence electrons. The molecule has 20 heavy (non-hydrogen) atoms. The molecule has 0 spiro atoms. The van der Waals surface area contributed by atoms with Crippen LogP contribution in [-0.2, 0) is 6.54 Å². The second-order valence-electron chi connectivity index (χ2n) is 6.91. The summed E-state index contributed by atoms with van der Waals surface area (Å²) >= 11 is 3.63. The van der Waals surface area contributed by atoms with Gasteiger partial charge in [-0.1, -0.05) is 22.0 Å². The predicted molar refractivity (Wildman–Crippen MR) is 91.4 cm³/mol. The molecule has 0 saturated carbocycles. The Bertz CT molecular complexity index is 451. The van der Waals surface area contributed by atoms with E-state index in [-0.39, 0.29) is 5.54 Å². The summed E-state index contributed by atoms with van der Waals surface area (Å²) in [5, 5.41) is 3.61. The fourth-order valence-electron chi connectivity index (χ4n) is 2.77. The predicted octanol–water partition coefficient (Wildman–Crippen LogP) is 4.72. The van der Waals surface area contributed by atoms with Crippen molar-refractivity contribution in [3.8, 4) is 0 Å². The third-order valence-electron chi connectivity index (χ3n) is 3.97. The van der Waals surface area contributed by atoms with Crippen LogP contribution in [0.2, 0.25) is 0 Å². The highest BCUT2D eigenvalue weighted by molar-refractivity contribution is 9.10. The molecule has 1 aliphatic heterocycles. The van der Waals surface area contributed by atoms with Crippen LogP contribution < -0.4 is 10.2 Å². The Hall–Kier alpha value is -0.540. The first-order chi connectivity index (χ1) is 9.37. The Morgan fingerprint density at radius 2 is 2.05 bits per heavy atom. The number of anilines is 1. The molecule has 2 nitrogen and oxygen atoms in total. The number of hydrogen-bond acceptors (Lipinski definition) is 2. The Kier molecular flexibility index (Phi) is 5.14. The smallest absolute Gasteiger partial charge is 0.0425 e. The number of hydrogen-bond donors (Lipinski definition) is 1. The first-order valence-electron chi connectivity index (χ1n) is 7.67. The molecule has 1 unspecified atom stereocenters. The van der Waals surface area contributed by atoms with Gasteiger partial charge in [-0.25, -0.2) is 0 Å². The molecular formula is C17H27BrN2. The van der Waals surface area contributed by atoms with E-state index in [0.717, 1.165) is 6.54 Å². The summed E-state index contributed by atoms with van der Waals surface area (Å²) in [4.78, 5) is 2.58. The Morgan fingerprint density at radius 3 is 2.70 bits per heavy atom. The van der Waals surface area contributed by atoms with Crippen molar-refractivity contribution in [3.63, 3.8) is 0 Å². The van der Waals surface area contributed by atoms with Gasteiger partial charge in [-0.05, 0) is 64.7 Å². The summed E-state index contributed by atoms with van der Waals surface area (Å²) in [7, 11) is 0. The van der Waals surface area contributed by atoms with E-state index in [4.69, 9.17) is 0 Å². The molecule has 1 saturated heterocycles. The number of benzene rings is 1. The molecule has 1 aliphatic rings. The monoisotopic (exact) mass is 338 g/mol. The first kappa shape index (κ1) is 15.8. The number of rotatable bonds is 3. The van der Waals surface area contributed by atoms with Crippen molar-refractivity contribution in [2.75, 3.05) is 11.4 Å². The van der Waals surface area contributed by atoms with Crippen molar-refractivity contribution in [1.82, 2.24) is 5.32 Å². The maximum absolute atomic E-state index is 3.63. The average molecular weight is 339 g/mol. The van der Waals surface area contributed by atoms with Crippen molar-refractivity contribution in [1.29, 1.82) is 0 Å². The summed E-state index contributed by atoms with van der Waals surface area (Å²) in [5.41, 5.74) is 2.94. The van der Waals surface area contributed by atoms with E-state index in [2.05, 4.69) is 72.0 Å². The van der Waals surface area contributed by atoms with E-state index in [1.165, 1.54) is 41.5 Å². The standard InChI is InChI=1S/C17H27BrN2/c1-13-7-5-6-10-20(13)16-11-15(18)9-8-14(16)12-19-17(2,3)4/h8-9,11,13,19H,5-7,10,12H2,1-4H3. The van der Waals surface area contributed by atoms with E-state index in [1.807, 2.05) is 0 Å². The number of halogens is 1. The van der Waals surface area contributed by atoms with Crippen LogP contribution in [0, 0.1) is 0 Å². The molecule has 0 aromatic heterocycles. The highest BCUT2D eigenvalue weighted by Crippen LogP contribution is 2.30. The fraction of sp³-hybridized carbons (Fsp3) is 0.647. The molecule has 0 radical (unpaired) electrons. The van der Waals surface area contributed by atoms with Crippen LogP contribution in [0.3, 0.4) is 0 Å². The zero-order valence-corrected chi connectivity index (χ0v) is 14.8. The minimum absolute atomic E-state index is 0.151. The second-order valence-corrected chi connectivity index (χ2v) is 7.83. The summed E-state index contributed by atoms with van der Waals surface area (Å²) in [6.45, 7) is 11.1. The van der Waals surface area contributed by atoms with Gasteiger partial charge in [0.15, 0.2) is 0 Å². The SMILES string of the molecule is CC1CCCCN1c1cc(Br)ccc1CNC(C)(C)C. The van der Waals surface area contributed by atoms with Crippen LogP contribution in [0.4, 0.5) is 5.69 Å². The van der Waals surface area contributed by atoms with Crippen LogP contribution in [0.15, 0.2) is 22.7 Å². The van der Waals surface area contributed by atoms with Crippen LogP contribution >= 0.6 is 15.9 Å². The number of nitrogens with one attached hydrogen (secondary N) is 1. The molecule has 1 heterocycles. The third kappa shape index (κ3) is 4.23. The zero-order valence-electron chi connectivity index (χ0n) is 13.2. The summed E-state index contributed by atoms with van der Waals surface area (Å²) in [6.07, 6.45) is 3.98. The first-order valence-corrected chi connectivity index (χ1v) is 8.46. The summed E-state index contributed by atoms with van der Waals surface area (Å²) in [5.74, 6) is 0. The number of nitrogens with zero attached hydrogens (tertiary/aromatic N) is 1. The van der Waals surface area contributed by atoms with Gasteiger partial charge in [0.1, 0.15) is 0 Å². The van der Waals surface area contributed by atoms with E-state index in [1.54, 1.807) is 0 Å². The number of piperidine rings is 1. The molecule has 1 aromatic carbocycles. The molecule has 3 heteroatoms. The molecule has 2 rings (SSSR count). The lowest BCUT2D eigenvalue weighted by atomic mass is 10.0. The minimum atomic E-state index is 0.151. The summed E-state index contributed by atoms with van der Waals surface area (Å²) < 4.78 is 1.17. The fourth-order valence-corrected chi connectivity index (χ4v) is 3.12. The third-order valence-corrected chi connectivity index (χ3v) is 4.46. The molecule has 0 aliphatic carbocycles. The van der Waals surface area contributed by atoms with Gasteiger partial charge in [-0.15, -0.1) is 0 Å². The molecule has 1 fully saturated rings. The van der Waals surface area contributed by atoms with Gasteiger partial charge in [0.2, 0.25) is 0 Å². The van der Waals surface area contributed by atoms with Gasteiger partial charge in [-0.2, -0.15) is 0 Å². The second kappa shape index (κ2) is 6.48. The lowest BCUT2D eigenvalue weighted by Gasteiger charge is -2.37. The van der Waals surface area contributed by atoms with Gasteiger partial charge < -0.3 is 10.2 Å². The van der Waals surface area contributed by atoms with Crippen molar-refractivity contribution in [2.45, 2.75) is 65.1 Å². The van der Waals surface area contributed by atoms with Crippen LogP contribution in [0.25, 0.3) is 0 Å². The molecule has 1 atom stereocenters. The largest absolute Gasteiger partial charge is 0.369 e. The Morgan fingerprint density at radius 1 is 1.30 bits per heavy atom. The molecule has 1 N–H and O–H groups in total. The van der Waals surface area contributed by atoms with Gasteiger partial charge in [0.25, 0.3) is 0 Å². The van der Waals surface area contributed by atoms with Crippen molar-refractivity contribution in [3.05, 3.63) is 28.2 Å². The van der Waals surface area contributed by atoms with E-state index in [9.17, 15) is 0 Å². The maximum atomic E-state index is 3.63. The highest BCUT2D eigenvalue weighted by Gasteiger charge is 2.21. The topological polar surface area (TPSA) is 15.3 Å². The Labute approximate surface area is 132 Å².